The van der Waals surface area contributed by atoms with Gasteiger partial charge in [0.1, 0.15) is 11.9 Å². The van der Waals surface area contributed by atoms with Crippen molar-refractivity contribution in [2.45, 2.75) is 18.9 Å². The zero-order valence-corrected chi connectivity index (χ0v) is 15.5. The number of benzene rings is 2. The third-order valence-corrected chi connectivity index (χ3v) is 4.56. The standard InChI is InChI=1S/C20H23FN2O2S/c1-26-14-12-18(23-19(24)16-8-3-2-4-9-16)20(25)22-13-11-15-7-5-6-10-17(15)21/h2-10,18H,11-14H2,1H3,(H,22,25)(H,23,24). The number of carbonyl (C=O) groups is 2. The van der Waals surface area contributed by atoms with Gasteiger partial charge >= 0.3 is 0 Å². The van der Waals surface area contributed by atoms with Gasteiger partial charge in [0.15, 0.2) is 0 Å². The molecule has 0 bridgehead atoms. The Kier molecular flexibility index (Phi) is 8.15. The fraction of sp³-hybridized carbons (Fsp3) is 0.300. The minimum atomic E-state index is -0.615. The number of hydrogen-bond acceptors (Lipinski definition) is 3. The molecule has 0 spiro atoms. The van der Waals surface area contributed by atoms with Gasteiger partial charge in [0.25, 0.3) is 5.91 Å². The molecule has 0 saturated carbocycles. The van der Waals surface area contributed by atoms with Crippen LogP contribution in [-0.2, 0) is 11.2 Å². The number of hydrogen-bond donors (Lipinski definition) is 2. The van der Waals surface area contributed by atoms with Crippen LogP contribution in [0.1, 0.15) is 22.3 Å². The van der Waals surface area contributed by atoms with Crippen LogP contribution in [0, 0.1) is 5.82 Å². The molecule has 0 aliphatic heterocycles. The van der Waals surface area contributed by atoms with Gasteiger partial charge in [0.2, 0.25) is 5.91 Å². The molecule has 2 rings (SSSR count). The lowest BCUT2D eigenvalue weighted by Crippen LogP contribution is -2.47. The third-order valence-electron chi connectivity index (χ3n) is 3.92. The molecule has 2 N–H and O–H groups in total. The lowest BCUT2D eigenvalue weighted by atomic mass is 10.1. The lowest BCUT2D eigenvalue weighted by molar-refractivity contribution is -0.122. The summed E-state index contributed by atoms with van der Waals surface area (Å²) in [4.78, 5) is 24.8. The highest BCUT2D eigenvalue weighted by Gasteiger charge is 2.20. The molecule has 0 saturated heterocycles. The minimum absolute atomic E-state index is 0.250. The van der Waals surface area contributed by atoms with Crippen molar-refractivity contribution in [3.05, 3.63) is 71.5 Å². The molecule has 2 amide bonds. The first-order valence-corrected chi connectivity index (χ1v) is 9.87. The van der Waals surface area contributed by atoms with Gasteiger partial charge in [-0.3, -0.25) is 9.59 Å². The number of carbonyl (C=O) groups excluding carboxylic acids is 2. The van der Waals surface area contributed by atoms with Crippen molar-refractivity contribution in [1.29, 1.82) is 0 Å². The largest absolute Gasteiger partial charge is 0.354 e. The van der Waals surface area contributed by atoms with Crippen LogP contribution in [0.15, 0.2) is 54.6 Å². The summed E-state index contributed by atoms with van der Waals surface area (Å²) < 4.78 is 13.6. The number of amides is 2. The van der Waals surface area contributed by atoms with Gasteiger partial charge in [-0.05, 0) is 48.6 Å². The van der Waals surface area contributed by atoms with Gasteiger partial charge in [0.05, 0.1) is 0 Å². The Balaban J connectivity index is 1.91. The summed E-state index contributed by atoms with van der Waals surface area (Å²) >= 11 is 1.61. The Labute approximate surface area is 157 Å². The predicted octanol–water partition coefficient (Wildman–Crippen LogP) is 3.04. The van der Waals surface area contributed by atoms with E-state index in [-0.39, 0.29) is 17.6 Å². The summed E-state index contributed by atoms with van der Waals surface area (Å²) in [6.07, 6.45) is 2.89. The first-order chi connectivity index (χ1) is 12.6. The molecular formula is C20H23FN2O2S. The van der Waals surface area contributed by atoms with E-state index in [0.717, 1.165) is 5.75 Å². The Hall–Kier alpha value is -2.34. The number of nitrogens with one attached hydrogen (secondary N) is 2. The Morgan fingerprint density at radius 2 is 1.77 bits per heavy atom. The zero-order chi connectivity index (χ0) is 18.8. The molecule has 2 aromatic rings. The zero-order valence-electron chi connectivity index (χ0n) is 14.7. The summed E-state index contributed by atoms with van der Waals surface area (Å²) in [5.41, 5.74) is 1.07. The van der Waals surface area contributed by atoms with E-state index in [2.05, 4.69) is 10.6 Å². The topological polar surface area (TPSA) is 58.2 Å². The van der Waals surface area contributed by atoms with E-state index in [4.69, 9.17) is 0 Å². The van der Waals surface area contributed by atoms with Gasteiger partial charge in [-0.15, -0.1) is 0 Å². The van der Waals surface area contributed by atoms with Crippen LogP contribution in [0.2, 0.25) is 0 Å². The monoisotopic (exact) mass is 374 g/mol. The number of rotatable bonds is 9. The van der Waals surface area contributed by atoms with Crippen molar-refractivity contribution in [1.82, 2.24) is 10.6 Å². The Morgan fingerprint density at radius 1 is 1.08 bits per heavy atom. The number of halogens is 1. The fourth-order valence-corrected chi connectivity index (χ4v) is 2.95. The minimum Gasteiger partial charge on any atom is -0.354 e. The smallest absolute Gasteiger partial charge is 0.251 e. The Morgan fingerprint density at radius 3 is 2.46 bits per heavy atom. The maximum absolute atomic E-state index is 13.6. The van der Waals surface area contributed by atoms with Gasteiger partial charge in [-0.2, -0.15) is 11.8 Å². The van der Waals surface area contributed by atoms with E-state index >= 15 is 0 Å². The number of thioether (sulfide) groups is 1. The molecule has 0 fully saturated rings. The fourth-order valence-electron chi connectivity index (χ4n) is 2.48. The molecule has 0 aliphatic rings. The normalized spacial score (nSPS) is 11.6. The SMILES string of the molecule is CSCCC(NC(=O)c1ccccc1)C(=O)NCCc1ccccc1F. The molecule has 0 heterocycles. The van der Waals surface area contributed by atoms with Crippen LogP contribution in [0.25, 0.3) is 0 Å². The summed E-state index contributed by atoms with van der Waals surface area (Å²) in [6, 6.07) is 14.7. The maximum atomic E-state index is 13.6. The maximum Gasteiger partial charge on any atom is 0.251 e. The lowest BCUT2D eigenvalue weighted by Gasteiger charge is -2.18. The average Bonchev–Trinajstić information content (AvgIpc) is 2.67. The van der Waals surface area contributed by atoms with Crippen LogP contribution in [0.3, 0.4) is 0 Å². The highest BCUT2D eigenvalue weighted by molar-refractivity contribution is 7.98. The summed E-state index contributed by atoms with van der Waals surface area (Å²) in [7, 11) is 0. The molecule has 0 radical (unpaired) electrons. The van der Waals surface area contributed by atoms with Gasteiger partial charge in [-0.1, -0.05) is 36.4 Å². The first-order valence-electron chi connectivity index (χ1n) is 8.47. The second kappa shape index (κ2) is 10.6. The van der Waals surface area contributed by atoms with E-state index in [9.17, 15) is 14.0 Å². The van der Waals surface area contributed by atoms with Crippen LogP contribution in [0.5, 0.6) is 0 Å². The molecular weight excluding hydrogens is 351 g/mol. The van der Waals surface area contributed by atoms with E-state index < -0.39 is 6.04 Å². The van der Waals surface area contributed by atoms with Crippen molar-refractivity contribution in [2.75, 3.05) is 18.6 Å². The molecule has 4 nitrogen and oxygen atoms in total. The molecule has 0 aromatic heterocycles. The summed E-state index contributed by atoms with van der Waals surface area (Å²) in [5.74, 6) is -0.0563. The molecule has 6 heteroatoms. The van der Waals surface area contributed by atoms with Crippen LogP contribution < -0.4 is 10.6 Å². The quantitative estimate of drug-likeness (QED) is 0.709. The van der Waals surface area contributed by atoms with E-state index in [0.29, 0.717) is 30.5 Å². The van der Waals surface area contributed by atoms with Crippen molar-refractivity contribution in [3.8, 4) is 0 Å². The highest BCUT2D eigenvalue weighted by Crippen LogP contribution is 2.07. The molecule has 26 heavy (non-hydrogen) atoms. The third kappa shape index (κ3) is 6.19. The summed E-state index contributed by atoms with van der Waals surface area (Å²) in [6.45, 7) is 0.316. The molecule has 2 aromatic carbocycles. The van der Waals surface area contributed by atoms with E-state index in [1.807, 2.05) is 12.3 Å². The molecule has 1 unspecified atom stereocenters. The van der Waals surface area contributed by atoms with E-state index in [1.165, 1.54) is 6.07 Å². The van der Waals surface area contributed by atoms with E-state index in [1.54, 1.807) is 54.2 Å². The second-order valence-electron chi connectivity index (χ2n) is 5.81. The molecule has 138 valence electrons. The van der Waals surface area contributed by atoms with Crippen LogP contribution in [0.4, 0.5) is 4.39 Å². The molecule has 1 atom stereocenters. The predicted molar refractivity (Wildman–Crippen MR) is 104 cm³/mol. The van der Waals surface area contributed by atoms with Gasteiger partial charge in [0, 0.05) is 12.1 Å². The highest BCUT2D eigenvalue weighted by atomic mass is 32.2. The van der Waals surface area contributed by atoms with Crippen LogP contribution in [-0.4, -0.2) is 36.4 Å². The first kappa shape index (κ1) is 20.0. The molecule has 0 aliphatic carbocycles. The van der Waals surface area contributed by atoms with Crippen molar-refractivity contribution in [3.63, 3.8) is 0 Å². The average molecular weight is 374 g/mol. The van der Waals surface area contributed by atoms with Crippen molar-refractivity contribution in [2.24, 2.45) is 0 Å². The van der Waals surface area contributed by atoms with Crippen molar-refractivity contribution >= 4 is 23.6 Å². The van der Waals surface area contributed by atoms with Crippen LogP contribution >= 0.6 is 11.8 Å². The van der Waals surface area contributed by atoms with Gasteiger partial charge < -0.3 is 10.6 Å². The second-order valence-corrected chi connectivity index (χ2v) is 6.79. The van der Waals surface area contributed by atoms with Crippen molar-refractivity contribution < 1.29 is 14.0 Å². The summed E-state index contributed by atoms with van der Waals surface area (Å²) in [5, 5.41) is 5.58. The van der Waals surface area contributed by atoms with Gasteiger partial charge in [-0.25, -0.2) is 4.39 Å². The Bertz CT molecular complexity index is 725.